The second-order valence-corrected chi connectivity index (χ2v) is 7.27. The van der Waals surface area contributed by atoms with Crippen molar-refractivity contribution >= 4 is 33.7 Å². The van der Waals surface area contributed by atoms with E-state index in [0.29, 0.717) is 0 Å². The van der Waals surface area contributed by atoms with Gasteiger partial charge in [-0.05, 0) is 31.5 Å². The lowest BCUT2D eigenvalue weighted by molar-refractivity contribution is -0.139. The number of rotatable bonds is 2. The fourth-order valence-corrected chi connectivity index (χ4v) is 3.60. The van der Waals surface area contributed by atoms with Gasteiger partial charge in [0, 0.05) is 9.22 Å². The lowest BCUT2D eigenvalue weighted by Gasteiger charge is -2.20. The molecule has 2 rings (SSSR count). The molecule has 1 aliphatic rings. The highest BCUT2D eigenvalue weighted by Crippen LogP contribution is 2.45. The number of hydrogen-bond acceptors (Lipinski definition) is 3. The van der Waals surface area contributed by atoms with Gasteiger partial charge in [0.25, 0.3) is 0 Å². The van der Waals surface area contributed by atoms with Crippen molar-refractivity contribution in [2.75, 3.05) is 0 Å². The predicted molar refractivity (Wildman–Crippen MR) is 73.1 cm³/mol. The topological polar surface area (TPSA) is 49.3 Å². The van der Waals surface area contributed by atoms with Crippen LogP contribution in [0.25, 0.3) is 0 Å². The van der Waals surface area contributed by atoms with Gasteiger partial charge in [-0.15, -0.1) is 11.8 Å². The number of hydrogen-bond donors (Lipinski definition) is 2. The summed E-state index contributed by atoms with van der Waals surface area (Å²) in [5, 5.41) is 12.4. The third kappa shape index (κ3) is 2.67. The Morgan fingerprint density at radius 1 is 1.41 bits per heavy atom. The Bertz CT molecular complexity index is 433. The van der Waals surface area contributed by atoms with Crippen LogP contribution in [-0.2, 0) is 4.79 Å². The quantitative estimate of drug-likeness (QED) is 0.880. The molecule has 0 saturated carbocycles. The Labute approximate surface area is 113 Å². The molecule has 1 aromatic rings. The highest BCUT2D eigenvalue weighted by molar-refractivity contribution is 9.10. The van der Waals surface area contributed by atoms with E-state index in [2.05, 4.69) is 21.2 Å². The summed E-state index contributed by atoms with van der Waals surface area (Å²) in [5.74, 6) is -0.790. The maximum atomic E-state index is 11.2. The van der Waals surface area contributed by atoms with Crippen molar-refractivity contribution in [1.82, 2.24) is 5.32 Å². The van der Waals surface area contributed by atoms with Crippen LogP contribution < -0.4 is 5.32 Å². The summed E-state index contributed by atoms with van der Waals surface area (Å²) in [4.78, 5) is 11.2. The number of aliphatic carboxylic acids is 1. The Morgan fingerprint density at radius 2 is 2.00 bits per heavy atom. The monoisotopic (exact) mass is 315 g/mol. The van der Waals surface area contributed by atoms with E-state index in [1.807, 2.05) is 38.1 Å². The van der Waals surface area contributed by atoms with Gasteiger partial charge in [-0.25, -0.2) is 0 Å². The van der Waals surface area contributed by atoms with Crippen LogP contribution in [0, 0.1) is 0 Å². The molecule has 0 aromatic heterocycles. The van der Waals surface area contributed by atoms with Crippen LogP contribution in [0.15, 0.2) is 28.7 Å². The van der Waals surface area contributed by atoms with Crippen molar-refractivity contribution < 1.29 is 9.90 Å². The third-order valence-electron chi connectivity index (χ3n) is 2.85. The van der Waals surface area contributed by atoms with Gasteiger partial charge in [-0.1, -0.05) is 28.1 Å². The minimum Gasteiger partial charge on any atom is -0.480 e. The predicted octanol–water partition coefficient (Wildman–Crippen LogP) is 3.02. The SMILES string of the molecule is CC1(C)S[C@H](c2ccc(Br)cc2)N[C@H]1C(=O)O. The summed E-state index contributed by atoms with van der Waals surface area (Å²) in [6.45, 7) is 3.92. The molecule has 1 heterocycles. The molecule has 0 amide bonds. The van der Waals surface area contributed by atoms with Crippen molar-refractivity contribution in [1.29, 1.82) is 0 Å². The van der Waals surface area contributed by atoms with E-state index >= 15 is 0 Å². The van der Waals surface area contributed by atoms with Gasteiger partial charge in [-0.2, -0.15) is 0 Å². The van der Waals surface area contributed by atoms with Crippen molar-refractivity contribution in [3.63, 3.8) is 0 Å². The molecule has 2 N–H and O–H groups in total. The Hall–Kier alpha value is -0.520. The molecule has 1 saturated heterocycles. The van der Waals surface area contributed by atoms with Gasteiger partial charge < -0.3 is 5.11 Å². The first-order valence-electron chi connectivity index (χ1n) is 5.32. The van der Waals surface area contributed by atoms with Crippen molar-refractivity contribution in [3.05, 3.63) is 34.3 Å². The van der Waals surface area contributed by atoms with Gasteiger partial charge in [-0.3, -0.25) is 10.1 Å². The molecule has 0 unspecified atom stereocenters. The van der Waals surface area contributed by atoms with E-state index < -0.39 is 12.0 Å². The number of carboxylic acid groups (broad SMARTS) is 1. The van der Waals surface area contributed by atoms with Crippen LogP contribution in [0.1, 0.15) is 24.8 Å². The average Bonchev–Trinajstić information content (AvgIpc) is 2.55. The molecule has 1 aromatic carbocycles. The number of carboxylic acids is 1. The number of halogens is 1. The van der Waals surface area contributed by atoms with Crippen molar-refractivity contribution in [3.8, 4) is 0 Å². The van der Waals surface area contributed by atoms with Gasteiger partial charge in [0.05, 0.1) is 5.37 Å². The van der Waals surface area contributed by atoms with E-state index in [0.717, 1.165) is 10.0 Å². The summed E-state index contributed by atoms with van der Waals surface area (Å²) < 4.78 is 0.724. The first kappa shape index (κ1) is 12.9. The average molecular weight is 316 g/mol. The molecule has 0 bridgehead atoms. The Balaban J connectivity index is 2.21. The van der Waals surface area contributed by atoms with Crippen LogP contribution in [-0.4, -0.2) is 21.9 Å². The third-order valence-corrected chi connectivity index (χ3v) is 4.87. The molecule has 0 aliphatic carbocycles. The molecular formula is C12H14BrNO2S. The zero-order valence-electron chi connectivity index (χ0n) is 9.61. The van der Waals surface area contributed by atoms with Crippen LogP contribution in [0.5, 0.6) is 0 Å². The standard InChI is InChI=1S/C12H14BrNO2S/c1-12(2)9(11(15)16)14-10(17-12)7-3-5-8(13)6-4-7/h3-6,9-10,14H,1-2H3,(H,15,16)/t9-,10+/m0/s1. The minimum absolute atomic E-state index is 0.0409. The van der Waals surface area contributed by atoms with Gasteiger partial charge in [0.2, 0.25) is 0 Å². The normalized spacial score (nSPS) is 27.0. The van der Waals surface area contributed by atoms with Crippen LogP contribution in [0.4, 0.5) is 0 Å². The molecule has 3 nitrogen and oxygen atoms in total. The number of carbonyl (C=O) groups is 1. The molecule has 0 spiro atoms. The minimum atomic E-state index is -0.790. The zero-order chi connectivity index (χ0) is 12.6. The van der Waals surface area contributed by atoms with E-state index in [1.165, 1.54) is 0 Å². The smallest absolute Gasteiger partial charge is 0.322 e. The van der Waals surface area contributed by atoms with E-state index in [4.69, 9.17) is 0 Å². The van der Waals surface area contributed by atoms with Crippen LogP contribution in [0.2, 0.25) is 0 Å². The molecule has 92 valence electrons. The van der Waals surface area contributed by atoms with E-state index in [1.54, 1.807) is 11.8 Å². The summed E-state index contributed by atoms with van der Waals surface area (Å²) in [5.41, 5.74) is 1.11. The molecule has 2 atom stereocenters. The second kappa shape index (κ2) is 4.63. The summed E-state index contributed by atoms with van der Waals surface area (Å²) in [7, 11) is 0. The second-order valence-electron chi connectivity index (χ2n) is 4.59. The molecule has 17 heavy (non-hydrogen) atoms. The lowest BCUT2D eigenvalue weighted by atomic mass is 10.0. The summed E-state index contributed by atoms with van der Waals surface area (Å²) in [6.07, 6.45) is 0. The highest BCUT2D eigenvalue weighted by atomic mass is 79.9. The molecule has 1 aliphatic heterocycles. The molecular weight excluding hydrogens is 302 g/mol. The summed E-state index contributed by atoms with van der Waals surface area (Å²) >= 11 is 5.05. The molecule has 1 fully saturated rings. The van der Waals surface area contributed by atoms with Crippen molar-refractivity contribution in [2.45, 2.75) is 30.0 Å². The maximum Gasteiger partial charge on any atom is 0.322 e. The zero-order valence-corrected chi connectivity index (χ0v) is 12.0. The first-order valence-corrected chi connectivity index (χ1v) is 6.99. The molecule has 5 heteroatoms. The number of benzene rings is 1. The molecule has 0 radical (unpaired) electrons. The largest absolute Gasteiger partial charge is 0.480 e. The fraction of sp³-hybridized carbons (Fsp3) is 0.417. The fourth-order valence-electron chi connectivity index (χ4n) is 1.93. The van der Waals surface area contributed by atoms with Crippen LogP contribution >= 0.6 is 27.7 Å². The Kier molecular flexibility index (Phi) is 3.52. The lowest BCUT2D eigenvalue weighted by Crippen LogP contribution is -2.43. The van der Waals surface area contributed by atoms with Crippen LogP contribution in [0.3, 0.4) is 0 Å². The highest BCUT2D eigenvalue weighted by Gasteiger charge is 2.45. The van der Waals surface area contributed by atoms with Gasteiger partial charge in [0.15, 0.2) is 0 Å². The van der Waals surface area contributed by atoms with Crippen molar-refractivity contribution in [2.24, 2.45) is 0 Å². The maximum absolute atomic E-state index is 11.2. The number of thioether (sulfide) groups is 1. The summed E-state index contributed by atoms with van der Waals surface area (Å²) in [6, 6.07) is 7.45. The Morgan fingerprint density at radius 3 is 2.47 bits per heavy atom. The van der Waals surface area contributed by atoms with E-state index in [9.17, 15) is 9.90 Å². The number of nitrogens with one attached hydrogen (secondary N) is 1. The van der Waals surface area contributed by atoms with Gasteiger partial charge in [0.1, 0.15) is 6.04 Å². The first-order chi connectivity index (χ1) is 7.90. The van der Waals surface area contributed by atoms with Gasteiger partial charge >= 0.3 is 5.97 Å². The van der Waals surface area contributed by atoms with E-state index in [-0.39, 0.29) is 10.1 Å².